The standard InChI is InChI=1S/C23H20F4N4O3/c1-12-17(11-28-21(12)32)20-22(33-20)29-19-10-18(31(30-19)15-6-3-5-14(24)9-15)13-4-2-7-16(8-13)34-23(25,26)27/h2-10,12,17,20,22H,11H2,1H3,(H,28,32)(H,29,30)/t12-,17+,20?,22?/m1/s1. The molecule has 0 spiro atoms. The molecule has 0 radical (unpaired) electrons. The van der Waals surface area contributed by atoms with Gasteiger partial charge in [-0.3, -0.25) is 4.79 Å². The van der Waals surface area contributed by atoms with Crippen molar-refractivity contribution in [1.29, 1.82) is 0 Å². The zero-order chi connectivity index (χ0) is 24.0. The van der Waals surface area contributed by atoms with Gasteiger partial charge in [0.05, 0.1) is 11.4 Å². The summed E-state index contributed by atoms with van der Waals surface area (Å²) in [4.78, 5) is 11.8. The number of halogens is 4. The first-order valence-electron chi connectivity index (χ1n) is 10.6. The summed E-state index contributed by atoms with van der Waals surface area (Å²) < 4.78 is 63.2. The largest absolute Gasteiger partial charge is 0.573 e. The molecular weight excluding hydrogens is 456 g/mol. The Morgan fingerprint density at radius 2 is 1.97 bits per heavy atom. The van der Waals surface area contributed by atoms with Crippen LogP contribution in [-0.2, 0) is 9.53 Å². The van der Waals surface area contributed by atoms with Crippen molar-refractivity contribution in [3.8, 4) is 22.7 Å². The fourth-order valence-corrected chi connectivity index (χ4v) is 4.18. The number of aromatic nitrogens is 2. The Hall–Kier alpha value is -3.60. The van der Waals surface area contributed by atoms with E-state index in [4.69, 9.17) is 4.74 Å². The van der Waals surface area contributed by atoms with Gasteiger partial charge in [0.25, 0.3) is 0 Å². The maximum Gasteiger partial charge on any atom is 0.573 e. The van der Waals surface area contributed by atoms with Crippen LogP contribution in [0.15, 0.2) is 54.6 Å². The molecule has 11 heteroatoms. The molecule has 2 aromatic carbocycles. The number of epoxide rings is 1. The van der Waals surface area contributed by atoms with Crippen molar-refractivity contribution in [1.82, 2.24) is 15.1 Å². The molecule has 34 heavy (non-hydrogen) atoms. The van der Waals surface area contributed by atoms with E-state index in [9.17, 15) is 22.4 Å². The molecule has 178 valence electrons. The number of carbonyl (C=O) groups excluding carboxylic acids is 1. The molecule has 3 aromatic rings. The van der Waals surface area contributed by atoms with Crippen molar-refractivity contribution in [3.63, 3.8) is 0 Å². The van der Waals surface area contributed by atoms with Crippen LogP contribution in [0.1, 0.15) is 6.92 Å². The fourth-order valence-electron chi connectivity index (χ4n) is 4.18. The Kier molecular flexibility index (Phi) is 5.43. The lowest BCUT2D eigenvalue weighted by molar-refractivity contribution is -0.274. The molecule has 0 aliphatic carbocycles. The number of ether oxygens (including phenoxy) is 2. The van der Waals surface area contributed by atoms with E-state index in [1.807, 2.05) is 6.92 Å². The average Bonchev–Trinajstić information content (AvgIpc) is 3.25. The zero-order valence-electron chi connectivity index (χ0n) is 17.8. The van der Waals surface area contributed by atoms with Gasteiger partial charge in [-0.05, 0) is 30.3 Å². The lowest BCUT2D eigenvalue weighted by atomic mass is 9.94. The molecule has 5 rings (SSSR count). The van der Waals surface area contributed by atoms with E-state index in [2.05, 4.69) is 20.5 Å². The predicted octanol–water partition coefficient (Wildman–Crippen LogP) is 4.10. The topological polar surface area (TPSA) is 80.7 Å². The monoisotopic (exact) mass is 476 g/mol. The Morgan fingerprint density at radius 1 is 1.18 bits per heavy atom. The van der Waals surface area contributed by atoms with Crippen LogP contribution in [0.25, 0.3) is 16.9 Å². The zero-order valence-corrected chi connectivity index (χ0v) is 17.8. The van der Waals surface area contributed by atoms with Crippen LogP contribution in [0.3, 0.4) is 0 Å². The van der Waals surface area contributed by atoms with Gasteiger partial charge in [0, 0.05) is 30.0 Å². The third-order valence-corrected chi connectivity index (χ3v) is 5.93. The number of carbonyl (C=O) groups is 1. The van der Waals surface area contributed by atoms with E-state index in [1.165, 1.54) is 41.1 Å². The van der Waals surface area contributed by atoms with Crippen molar-refractivity contribution >= 4 is 11.7 Å². The quantitative estimate of drug-likeness (QED) is 0.414. The Morgan fingerprint density at radius 3 is 2.68 bits per heavy atom. The summed E-state index contributed by atoms with van der Waals surface area (Å²) in [5.74, 6) is -0.652. The van der Waals surface area contributed by atoms with Crippen molar-refractivity contribution in [2.24, 2.45) is 11.8 Å². The van der Waals surface area contributed by atoms with Crippen LogP contribution in [0.5, 0.6) is 5.75 Å². The van der Waals surface area contributed by atoms with E-state index >= 15 is 0 Å². The molecule has 0 saturated carbocycles. The Bertz CT molecular complexity index is 1230. The molecule has 2 N–H and O–H groups in total. The number of alkyl halides is 3. The second-order valence-electron chi connectivity index (χ2n) is 8.25. The minimum atomic E-state index is -4.83. The lowest BCUT2D eigenvalue weighted by Crippen LogP contribution is -2.21. The van der Waals surface area contributed by atoms with E-state index in [0.29, 0.717) is 29.3 Å². The van der Waals surface area contributed by atoms with Crippen LogP contribution in [0, 0.1) is 17.7 Å². The van der Waals surface area contributed by atoms with Gasteiger partial charge in [-0.1, -0.05) is 25.1 Å². The van der Waals surface area contributed by atoms with Crippen LogP contribution in [0.4, 0.5) is 23.4 Å². The number of hydrogen-bond acceptors (Lipinski definition) is 5. The molecule has 2 fully saturated rings. The van der Waals surface area contributed by atoms with Gasteiger partial charge in [0.1, 0.15) is 17.7 Å². The molecule has 1 aromatic heterocycles. The SMILES string of the molecule is C[C@H]1C(=O)NC[C@@H]1C1OC1Nc1cc(-c2cccc(OC(F)(F)F)c2)n(-c2cccc(F)c2)n1. The maximum absolute atomic E-state index is 13.9. The van der Waals surface area contributed by atoms with E-state index in [-0.39, 0.29) is 35.8 Å². The van der Waals surface area contributed by atoms with E-state index < -0.39 is 12.2 Å². The predicted molar refractivity (Wildman–Crippen MR) is 114 cm³/mol. The van der Waals surface area contributed by atoms with Gasteiger partial charge < -0.3 is 20.1 Å². The smallest absolute Gasteiger partial charge is 0.406 e. The second kappa shape index (κ2) is 8.32. The van der Waals surface area contributed by atoms with Crippen LogP contribution >= 0.6 is 0 Å². The summed E-state index contributed by atoms with van der Waals surface area (Å²) in [5.41, 5.74) is 1.20. The molecule has 2 saturated heterocycles. The van der Waals surface area contributed by atoms with Crippen LogP contribution < -0.4 is 15.4 Å². The maximum atomic E-state index is 13.9. The number of nitrogens with zero attached hydrogens (tertiary/aromatic N) is 2. The highest BCUT2D eigenvalue weighted by molar-refractivity contribution is 5.81. The Labute approximate surface area is 191 Å². The highest BCUT2D eigenvalue weighted by atomic mass is 19.4. The van der Waals surface area contributed by atoms with Crippen molar-refractivity contribution < 1.29 is 31.8 Å². The molecule has 2 aliphatic rings. The van der Waals surface area contributed by atoms with Gasteiger partial charge in [-0.15, -0.1) is 18.3 Å². The summed E-state index contributed by atoms with van der Waals surface area (Å²) in [6.07, 6.45) is -5.39. The minimum absolute atomic E-state index is 0.0159. The van der Waals surface area contributed by atoms with Gasteiger partial charge in [-0.25, -0.2) is 9.07 Å². The van der Waals surface area contributed by atoms with Gasteiger partial charge >= 0.3 is 6.36 Å². The van der Waals surface area contributed by atoms with Crippen molar-refractivity contribution in [2.75, 3.05) is 11.9 Å². The summed E-state index contributed by atoms with van der Waals surface area (Å²) in [6.45, 7) is 2.37. The molecule has 2 aliphatic heterocycles. The molecule has 3 heterocycles. The molecule has 2 unspecified atom stereocenters. The fraction of sp³-hybridized carbons (Fsp3) is 0.304. The van der Waals surface area contributed by atoms with E-state index in [1.54, 1.807) is 18.2 Å². The summed E-state index contributed by atoms with van der Waals surface area (Å²) >= 11 is 0. The number of amides is 1. The number of nitrogens with one attached hydrogen (secondary N) is 2. The number of rotatable bonds is 6. The number of benzene rings is 2. The summed E-state index contributed by atoms with van der Waals surface area (Å²) in [6, 6.07) is 12.8. The van der Waals surface area contributed by atoms with Crippen LogP contribution in [0.2, 0.25) is 0 Å². The molecular formula is C23H20F4N4O3. The molecule has 4 atom stereocenters. The third kappa shape index (κ3) is 4.56. The normalized spacial score (nSPS) is 24.1. The second-order valence-corrected chi connectivity index (χ2v) is 8.25. The van der Waals surface area contributed by atoms with Gasteiger partial charge in [0.2, 0.25) is 5.91 Å². The first kappa shape index (κ1) is 22.2. The minimum Gasteiger partial charge on any atom is -0.406 e. The first-order valence-corrected chi connectivity index (χ1v) is 10.6. The van der Waals surface area contributed by atoms with Crippen molar-refractivity contribution in [2.45, 2.75) is 25.6 Å². The highest BCUT2D eigenvalue weighted by Gasteiger charge is 2.51. The molecule has 0 bridgehead atoms. The van der Waals surface area contributed by atoms with Gasteiger partial charge in [0.15, 0.2) is 12.0 Å². The third-order valence-electron chi connectivity index (χ3n) is 5.93. The van der Waals surface area contributed by atoms with E-state index in [0.717, 1.165) is 0 Å². The first-order chi connectivity index (χ1) is 16.2. The average molecular weight is 476 g/mol. The Balaban J connectivity index is 1.45. The number of anilines is 1. The highest BCUT2D eigenvalue weighted by Crippen LogP contribution is 2.37. The summed E-state index contributed by atoms with van der Waals surface area (Å²) in [7, 11) is 0. The van der Waals surface area contributed by atoms with Crippen molar-refractivity contribution in [3.05, 3.63) is 60.4 Å². The lowest BCUT2D eigenvalue weighted by Gasteiger charge is -2.11. The van der Waals surface area contributed by atoms with Gasteiger partial charge in [-0.2, -0.15) is 0 Å². The number of hydrogen-bond donors (Lipinski definition) is 2. The summed E-state index contributed by atoms with van der Waals surface area (Å²) in [5, 5.41) is 10.5. The molecule has 1 amide bonds. The molecule has 7 nitrogen and oxygen atoms in total. The van der Waals surface area contributed by atoms with Crippen LogP contribution in [-0.4, -0.2) is 40.9 Å².